The molecule has 0 saturated heterocycles. The van der Waals surface area contributed by atoms with E-state index in [0.29, 0.717) is 12.3 Å². The highest BCUT2D eigenvalue weighted by molar-refractivity contribution is 7.89. The van der Waals surface area contributed by atoms with Crippen LogP contribution in [0, 0.1) is 11.3 Å². The van der Waals surface area contributed by atoms with Crippen molar-refractivity contribution in [2.24, 2.45) is 0 Å². The Morgan fingerprint density at radius 3 is 2.36 bits per heavy atom. The molecule has 0 radical (unpaired) electrons. The number of aliphatic hydroxyl groups excluding tert-OH is 1. The number of nitriles is 1. The van der Waals surface area contributed by atoms with Gasteiger partial charge in [0.25, 0.3) is 0 Å². The smallest absolute Gasteiger partial charge is 0.246 e. The average Bonchev–Trinajstić information content (AvgIpc) is 2.70. The third-order valence-electron chi connectivity index (χ3n) is 4.56. The standard InChI is InChI=1S/C21H26N2O4S/c1-16(2)19-7-4-17(5-8-19)10-11-23(12-13-24)28(25,26)21-14-18(15-22)6-9-20(21)27-3/h4-9,14,16,24H,10-13H2,1-3H3. The maximum Gasteiger partial charge on any atom is 0.246 e. The van der Waals surface area contributed by atoms with Gasteiger partial charge in [0.15, 0.2) is 0 Å². The maximum atomic E-state index is 13.2. The highest BCUT2D eigenvalue weighted by atomic mass is 32.2. The molecule has 2 rings (SSSR count). The van der Waals surface area contributed by atoms with Gasteiger partial charge in [0.2, 0.25) is 10.0 Å². The van der Waals surface area contributed by atoms with Gasteiger partial charge in [-0.25, -0.2) is 8.42 Å². The summed E-state index contributed by atoms with van der Waals surface area (Å²) >= 11 is 0. The van der Waals surface area contributed by atoms with E-state index in [1.807, 2.05) is 30.3 Å². The van der Waals surface area contributed by atoms with E-state index in [2.05, 4.69) is 13.8 Å². The summed E-state index contributed by atoms with van der Waals surface area (Å²) in [6.07, 6.45) is 0.512. The van der Waals surface area contributed by atoms with Crippen molar-refractivity contribution in [3.05, 3.63) is 59.2 Å². The minimum absolute atomic E-state index is 0.0354. The minimum Gasteiger partial charge on any atom is -0.495 e. The molecule has 6 nitrogen and oxygen atoms in total. The molecular weight excluding hydrogens is 376 g/mol. The first kappa shape index (κ1) is 21.9. The molecule has 28 heavy (non-hydrogen) atoms. The van der Waals surface area contributed by atoms with Gasteiger partial charge < -0.3 is 9.84 Å². The van der Waals surface area contributed by atoms with E-state index in [9.17, 15) is 13.5 Å². The van der Waals surface area contributed by atoms with Crippen LogP contribution in [0.3, 0.4) is 0 Å². The van der Waals surface area contributed by atoms with Crippen LogP contribution in [0.5, 0.6) is 5.75 Å². The highest BCUT2D eigenvalue weighted by Crippen LogP contribution is 2.28. The molecule has 2 aromatic carbocycles. The molecule has 0 atom stereocenters. The Bertz CT molecular complexity index is 932. The lowest BCUT2D eigenvalue weighted by Crippen LogP contribution is -2.35. The molecule has 0 aliphatic rings. The normalized spacial score (nSPS) is 11.6. The van der Waals surface area contributed by atoms with Crippen LogP contribution in [-0.4, -0.2) is 44.6 Å². The Labute approximate surface area is 167 Å². The number of ether oxygens (including phenoxy) is 1. The first-order valence-electron chi connectivity index (χ1n) is 9.11. The average molecular weight is 403 g/mol. The summed E-state index contributed by atoms with van der Waals surface area (Å²) in [4.78, 5) is -0.0716. The van der Waals surface area contributed by atoms with Gasteiger partial charge in [0.05, 0.1) is 25.3 Å². The van der Waals surface area contributed by atoms with E-state index >= 15 is 0 Å². The largest absolute Gasteiger partial charge is 0.495 e. The van der Waals surface area contributed by atoms with Gasteiger partial charge in [-0.05, 0) is 41.7 Å². The lowest BCUT2D eigenvalue weighted by Gasteiger charge is -2.22. The van der Waals surface area contributed by atoms with Crippen LogP contribution >= 0.6 is 0 Å². The van der Waals surface area contributed by atoms with Gasteiger partial charge in [-0.15, -0.1) is 0 Å². The molecule has 1 N–H and O–H groups in total. The summed E-state index contributed by atoms with van der Waals surface area (Å²) in [6.45, 7) is 4.11. The van der Waals surface area contributed by atoms with Gasteiger partial charge in [-0.2, -0.15) is 9.57 Å². The summed E-state index contributed by atoms with van der Waals surface area (Å²) in [6, 6.07) is 14.3. The summed E-state index contributed by atoms with van der Waals surface area (Å²) in [7, 11) is -2.55. The van der Waals surface area contributed by atoms with E-state index in [1.165, 1.54) is 35.2 Å². The van der Waals surface area contributed by atoms with Crippen molar-refractivity contribution in [2.75, 3.05) is 26.8 Å². The van der Waals surface area contributed by atoms with Crippen molar-refractivity contribution in [1.82, 2.24) is 4.31 Å². The fourth-order valence-electron chi connectivity index (χ4n) is 2.87. The zero-order valence-corrected chi connectivity index (χ0v) is 17.2. The number of hydrogen-bond acceptors (Lipinski definition) is 5. The Kier molecular flexibility index (Phi) is 7.58. The maximum absolute atomic E-state index is 13.2. The molecular formula is C21H26N2O4S. The van der Waals surface area contributed by atoms with Crippen molar-refractivity contribution in [1.29, 1.82) is 5.26 Å². The molecule has 0 bridgehead atoms. The van der Waals surface area contributed by atoms with E-state index in [-0.39, 0.29) is 35.9 Å². The Hall–Kier alpha value is -2.40. The number of sulfonamides is 1. The second-order valence-electron chi connectivity index (χ2n) is 6.75. The Balaban J connectivity index is 2.28. The third-order valence-corrected chi connectivity index (χ3v) is 6.48. The predicted octanol–water partition coefficient (Wildman–Crippen LogP) is 2.92. The topological polar surface area (TPSA) is 90.6 Å². The molecule has 2 aromatic rings. The van der Waals surface area contributed by atoms with Crippen molar-refractivity contribution < 1.29 is 18.3 Å². The van der Waals surface area contributed by atoms with Crippen molar-refractivity contribution in [3.63, 3.8) is 0 Å². The van der Waals surface area contributed by atoms with Crippen LogP contribution in [0.2, 0.25) is 0 Å². The quantitative estimate of drug-likeness (QED) is 0.696. The molecule has 0 unspecified atom stereocenters. The van der Waals surface area contributed by atoms with Crippen LogP contribution in [0.1, 0.15) is 36.5 Å². The predicted molar refractivity (Wildman–Crippen MR) is 108 cm³/mol. The fourth-order valence-corrected chi connectivity index (χ4v) is 4.49. The molecule has 0 fully saturated rings. The zero-order chi connectivity index (χ0) is 20.7. The third kappa shape index (κ3) is 5.10. The van der Waals surface area contributed by atoms with Crippen LogP contribution in [0.15, 0.2) is 47.4 Å². The van der Waals surface area contributed by atoms with Crippen molar-refractivity contribution in [3.8, 4) is 11.8 Å². The molecule has 7 heteroatoms. The molecule has 0 saturated carbocycles. The van der Waals surface area contributed by atoms with Gasteiger partial charge in [-0.3, -0.25) is 0 Å². The summed E-state index contributed by atoms with van der Waals surface area (Å²) in [5.41, 5.74) is 2.47. The van der Waals surface area contributed by atoms with Crippen molar-refractivity contribution >= 4 is 10.0 Å². The number of benzene rings is 2. The zero-order valence-electron chi connectivity index (χ0n) is 16.4. The van der Waals surface area contributed by atoms with E-state index in [1.54, 1.807) is 0 Å². The molecule has 0 aliphatic carbocycles. The van der Waals surface area contributed by atoms with Gasteiger partial charge >= 0.3 is 0 Å². The van der Waals surface area contributed by atoms with E-state index in [4.69, 9.17) is 10.00 Å². The lowest BCUT2D eigenvalue weighted by atomic mass is 10.0. The molecule has 0 heterocycles. The molecule has 0 spiro atoms. The first-order chi connectivity index (χ1) is 13.3. The van der Waals surface area contributed by atoms with E-state index < -0.39 is 10.0 Å². The Morgan fingerprint density at radius 2 is 1.82 bits per heavy atom. The summed E-state index contributed by atoms with van der Waals surface area (Å²) in [5.74, 6) is 0.600. The minimum atomic E-state index is -3.93. The van der Waals surface area contributed by atoms with Crippen LogP contribution in [-0.2, 0) is 16.4 Å². The summed E-state index contributed by atoms with van der Waals surface area (Å²) < 4.78 is 32.7. The number of hydrogen-bond donors (Lipinski definition) is 1. The SMILES string of the molecule is COc1ccc(C#N)cc1S(=O)(=O)N(CCO)CCc1ccc(C(C)C)cc1. The summed E-state index contributed by atoms with van der Waals surface area (Å²) in [5, 5.41) is 18.5. The first-order valence-corrected chi connectivity index (χ1v) is 10.6. The highest BCUT2D eigenvalue weighted by Gasteiger charge is 2.27. The fraction of sp³-hybridized carbons (Fsp3) is 0.381. The van der Waals surface area contributed by atoms with Crippen LogP contribution < -0.4 is 4.74 Å². The second kappa shape index (κ2) is 9.69. The van der Waals surface area contributed by atoms with E-state index in [0.717, 1.165) is 5.56 Å². The van der Waals surface area contributed by atoms with Gasteiger partial charge in [0, 0.05) is 13.1 Å². The van der Waals surface area contributed by atoms with Crippen LogP contribution in [0.25, 0.3) is 0 Å². The van der Waals surface area contributed by atoms with Gasteiger partial charge in [-0.1, -0.05) is 38.1 Å². The molecule has 0 amide bonds. The monoisotopic (exact) mass is 402 g/mol. The number of methoxy groups -OCH3 is 1. The lowest BCUT2D eigenvalue weighted by molar-refractivity contribution is 0.254. The number of rotatable bonds is 9. The number of nitrogens with zero attached hydrogens (tertiary/aromatic N) is 2. The molecule has 0 aliphatic heterocycles. The second-order valence-corrected chi connectivity index (χ2v) is 8.66. The molecule has 150 valence electrons. The van der Waals surface area contributed by atoms with Gasteiger partial charge in [0.1, 0.15) is 10.6 Å². The van der Waals surface area contributed by atoms with Crippen molar-refractivity contribution in [2.45, 2.75) is 31.1 Å². The number of aliphatic hydroxyl groups is 1. The molecule has 0 aromatic heterocycles. The Morgan fingerprint density at radius 1 is 1.14 bits per heavy atom. The van der Waals surface area contributed by atoms with Crippen LogP contribution in [0.4, 0.5) is 0 Å².